The first kappa shape index (κ1) is 26.1. The lowest BCUT2D eigenvalue weighted by molar-refractivity contribution is 0.407. The van der Waals surface area contributed by atoms with Crippen molar-refractivity contribution in [3.05, 3.63) is 86.7 Å². The van der Waals surface area contributed by atoms with Gasteiger partial charge in [0.15, 0.2) is 5.82 Å². The summed E-state index contributed by atoms with van der Waals surface area (Å²) >= 11 is 0. The first-order valence-electron chi connectivity index (χ1n) is 12.6. The molecule has 1 heterocycles. The van der Waals surface area contributed by atoms with Crippen molar-refractivity contribution < 1.29 is 9.47 Å². The van der Waals surface area contributed by atoms with E-state index in [2.05, 4.69) is 39.8 Å². The molecule has 0 fully saturated rings. The maximum Gasteiger partial charge on any atom is 0.282 e. The Hall–Kier alpha value is -3.93. The first-order chi connectivity index (χ1) is 17.7. The molecule has 1 aromatic heterocycles. The van der Waals surface area contributed by atoms with Crippen LogP contribution in [0.25, 0.3) is 22.3 Å². The van der Waals surface area contributed by atoms with Crippen LogP contribution in [0.4, 0.5) is 0 Å². The third-order valence-electron chi connectivity index (χ3n) is 6.75. The Morgan fingerprint density at radius 2 is 1.46 bits per heavy atom. The van der Waals surface area contributed by atoms with E-state index in [1.54, 1.807) is 26.5 Å². The van der Waals surface area contributed by atoms with Gasteiger partial charge in [0.1, 0.15) is 11.5 Å². The van der Waals surface area contributed by atoms with Crippen LogP contribution in [0.2, 0.25) is 0 Å². The van der Waals surface area contributed by atoms with Gasteiger partial charge in [-0.25, -0.2) is 4.98 Å². The van der Waals surface area contributed by atoms with Gasteiger partial charge in [0.2, 0.25) is 0 Å². The third-order valence-corrected chi connectivity index (χ3v) is 6.75. The molecular weight excluding hydrogens is 462 g/mol. The molecule has 0 aliphatic rings. The Bertz CT molecular complexity index is 1550. The quantitative estimate of drug-likeness (QED) is 0.263. The van der Waals surface area contributed by atoms with Crippen LogP contribution in [0.3, 0.4) is 0 Å². The summed E-state index contributed by atoms with van der Waals surface area (Å²) in [6, 6.07) is 15.5. The van der Waals surface area contributed by atoms with E-state index in [1.807, 2.05) is 44.2 Å². The number of hydrogen-bond acceptors (Lipinski definition) is 5. The van der Waals surface area contributed by atoms with Crippen molar-refractivity contribution in [2.75, 3.05) is 14.2 Å². The van der Waals surface area contributed by atoms with Gasteiger partial charge in [0.05, 0.1) is 31.3 Å². The molecule has 0 radical (unpaired) electrons. The van der Waals surface area contributed by atoms with E-state index in [-0.39, 0.29) is 17.4 Å². The number of aryl methyl sites for hydroxylation is 2. The van der Waals surface area contributed by atoms with Gasteiger partial charge in [-0.2, -0.15) is 9.78 Å². The van der Waals surface area contributed by atoms with Crippen molar-refractivity contribution in [2.45, 2.75) is 53.4 Å². The number of benzene rings is 3. The monoisotopic (exact) mass is 497 g/mol. The zero-order chi connectivity index (χ0) is 26.9. The Kier molecular flexibility index (Phi) is 7.48. The molecular formula is C31H35N3O3. The van der Waals surface area contributed by atoms with Crippen molar-refractivity contribution in [1.29, 1.82) is 0 Å². The summed E-state index contributed by atoms with van der Waals surface area (Å²) in [6.07, 6.45) is 1.74. The van der Waals surface area contributed by atoms with Crippen molar-refractivity contribution in [1.82, 2.24) is 9.66 Å². The van der Waals surface area contributed by atoms with Crippen LogP contribution in [0, 0.1) is 13.8 Å². The average Bonchev–Trinajstić information content (AvgIpc) is 2.87. The third kappa shape index (κ3) is 5.01. The van der Waals surface area contributed by atoms with Gasteiger partial charge in [-0.05, 0) is 89.9 Å². The van der Waals surface area contributed by atoms with E-state index in [9.17, 15) is 4.79 Å². The number of fused-ring (bicyclic) bond motifs is 1. The molecule has 0 bridgehead atoms. The van der Waals surface area contributed by atoms with Gasteiger partial charge in [0, 0.05) is 5.56 Å². The molecule has 4 rings (SSSR count). The maximum absolute atomic E-state index is 13.7. The minimum absolute atomic E-state index is 0.214. The zero-order valence-corrected chi connectivity index (χ0v) is 22.9. The average molecular weight is 498 g/mol. The number of hydrogen-bond donors (Lipinski definition) is 0. The summed E-state index contributed by atoms with van der Waals surface area (Å²) in [4.78, 5) is 18.6. The van der Waals surface area contributed by atoms with Crippen LogP contribution >= 0.6 is 0 Å². The fraction of sp³-hybridized carbons (Fsp3) is 0.323. The molecule has 4 aromatic rings. The minimum atomic E-state index is -0.214. The van der Waals surface area contributed by atoms with Crippen molar-refractivity contribution in [2.24, 2.45) is 5.10 Å². The molecule has 6 heteroatoms. The second-order valence-electron chi connectivity index (χ2n) is 9.98. The first-order valence-corrected chi connectivity index (χ1v) is 12.6. The van der Waals surface area contributed by atoms with Gasteiger partial charge < -0.3 is 9.47 Å². The lowest BCUT2D eigenvalue weighted by Crippen LogP contribution is -2.21. The normalized spacial score (nSPS) is 11.7. The molecule has 0 N–H and O–H groups in total. The SMILES string of the molecule is COc1cc(C)c(C=Nn2c(-c3cc(C(C)C)c(OC)cc3C)nc3ccccc3c2=O)cc1C(C)C. The highest BCUT2D eigenvalue weighted by molar-refractivity contribution is 5.84. The van der Waals surface area contributed by atoms with E-state index >= 15 is 0 Å². The number of rotatable bonds is 7. The van der Waals surface area contributed by atoms with Gasteiger partial charge >= 0.3 is 0 Å². The molecule has 0 aliphatic heterocycles. The van der Waals surface area contributed by atoms with Crippen LogP contribution in [-0.2, 0) is 0 Å². The molecule has 0 atom stereocenters. The fourth-order valence-electron chi connectivity index (χ4n) is 4.58. The number of nitrogens with zero attached hydrogens (tertiary/aromatic N) is 3. The Labute approximate surface area is 218 Å². The predicted molar refractivity (Wildman–Crippen MR) is 152 cm³/mol. The van der Waals surface area contributed by atoms with Crippen molar-refractivity contribution in [3.8, 4) is 22.9 Å². The van der Waals surface area contributed by atoms with Gasteiger partial charge in [-0.3, -0.25) is 4.79 Å². The second kappa shape index (κ2) is 10.6. The van der Waals surface area contributed by atoms with Crippen molar-refractivity contribution >= 4 is 17.1 Å². The number of aromatic nitrogens is 2. The molecule has 0 saturated heterocycles. The van der Waals surface area contributed by atoms with E-state index in [4.69, 9.17) is 19.6 Å². The van der Waals surface area contributed by atoms with Gasteiger partial charge in [-0.1, -0.05) is 39.8 Å². The highest BCUT2D eigenvalue weighted by atomic mass is 16.5. The fourth-order valence-corrected chi connectivity index (χ4v) is 4.58. The molecule has 3 aromatic carbocycles. The highest BCUT2D eigenvalue weighted by Gasteiger charge is 2.18. The van der Waals surface area contributed by atoms with E-state index in [1.165, 1.54) is 4.68 Å². The van der Waals surface area contributed by atoms with Crippen LogP contribution in [-0.4, -0.2) is 30.1 Å². The molecule has 192 valence electrons. The van der Waals surface area contributed by atoms with E-state index < -0.39 is 0 Å². The molecule has 0 amide bonds. The van der Waals surface area contributed by atoms with Crippen molar-refractivity contribution in [3.63, 3.8) is 0 Å². The van der Waals surface area contributed by atoms with Crippen LogP contribution in [0.15, 0.2) is 58.4 Å². The van der Waals surface area contributed by atoms with E-state index in [0.29, 0.717) is 16.7 Å². The summed E-state index contributed by atoms with van der Waals surface area (Å²) in [7, 11) is 3.36. The lowest BCUT2D eigenvalue weighted by atomic mass is 9.96. The summed E-state index contributed by atoms with van der Waals surface area (Å²) in [5.41, 5.74) is 6.29. The second-order valence-corrected chi connectivity index (χ2v) is 9.98. The lowest BCUT2D eigenvalue weighted by Gasteiger charge is -2.17. The standard InChI is InChI=1S/C31H35N3O3/c1-18(2)24-15-22(20(5)13-28(24)36-7)17-32-34-30(33-27-12-10-9-11-23(27)31(34)35)26-16-25(19(3)4)29(37-8)14-21(26)6/h9-19H,1-8H3. The van der Waals surface area contributed by atoms with Crippen LogP contribution in [0.1, 0.15) is 67.3 Å². The Morgan fingerprint density at radius 1 is 0.865 bits per heavy atom. The smallest absolute Gasteiger partial charge is 0.282 e. The molecule has 0 saturated carbocycles. The number of methoxy groups -OCH3 is 2. The molecule has 0 aliphatic carbocycles. The van der Waals surface area contributed by atoms with Crippen LogP contribution < -0.4 is 15.0 Å². The summed E-state index contributed by atoms with van der Waals surface area (Å²) in [6.45, 7) is 12.5. The van der Waals surface area contributed by atoms with Gasteiger partial charge in [-0.15, -0.1) is 0 Å². The van der Waals surface area contributed by atoms with Gasteiger partial charge in [0.25, 0.3) is 5.56 Å². The number of ether oxygens (including phenoxy) is 2. The van der Waals surface area contributed by atoms with E-state index in [0.717, 1.165) is 44.9 Å². The highest BCUT2D eigenvalue weighted by Crippen LogP contribution is 2.34. The Morgan fingerprint density at radius 3 is 2.08 bits per heavy atom. The largest absolute Gasteiger partial charge is 0.496 e. The molecule has 6 nitrogen and oxygen atoms in total. The predicted octanol–water partition coefficient (Wildman–Crippen LogP) is 6.83. The maximum atomic E-state index is 13.7. The summed E-state index contributed by atoms with van der Waals surface area (Å²) in [5.74, 6) is 2.68. The topological polar surface area (TPSA) is 65.7 Å². The van der Waals surface area contributed by atoms with Crippen LogP contribution in [0.5, 0.6) is 11.5 Å². The Balaban J connectivity index is 1.98. The zero-order valence-electron chi connectivity index (χ0n) is 22.9. The summed E-state index contributed by atoms with van der Waals surface area (Å²) < 4.78 is 12.7. The molecule has 0 unspecified atom stereocenters. The summed E-state index contributed by atoms with van der Waals surface area (Å²) in [5, 5.41) is 5.24. The number of para-hydroxylation sites is 1. The molecule has 37 heavy (non-hydrogen) atoms. The minimum Gasteiger partial charge on any atom is -0.496 e. The molecule has 0 spiro atoms.